The molecule has 0 spiro atoms. The summed E-state index contributed by atoms with van der Waals surface area (Å²) in [7, 11) is 0. The van der Waals surface area contributed by atoms with E-state index >= 15 is 0 Å². The van der Waals surface area contributed by atoms with E-state index in [0.29, 0.717) is 19.3 Å². The SMILES string of the molecule is CCCCCCCC=CCCCCC(=O)O.CCCCCCCC=CCCCCC(=O)O.CCCCCCCC=CCCCCC(=O)O.OCC(O)CO. The Bertz CT molecular complexity index is 735. The molecule has 0 heterocycles. The van der Waals surface area contributed by atoms with E-state index in [1.165, 1.54) is 116 Å². The van der Waals surface area contributed by atoms with Crippen molar-refractivity contribution in [2.45, 2.75) is 219 Å². The third kappa shape index (κ3) is 71.0. The zero-order chi connectivity index (χ0) is 41.2. The first-order valence-corrected chi connectivity index (χ1v) is 21.6. The van der Waals surface area contributed by atoms with E-state index in [0.717, 1.165) is 57.8 Å². The van der Waals surface area contributed by atoms with Gasteiger partial charge in [0.1, 0.15) is 6.10 Å². The molecule has 0 aromatic rings. The van der Waals surface area contributed by atoms with Crippen LogP contribution in [0.4, 0.5) is 0 Å². The van der Waals surface area contributed by atoms with Crippen LogP contribution in [-0.4, -0.2) is 67.9 Å². The maximum absolute atomic E-state index is 10.2. The highest BCUT2D eigenvalue weighted by Gasteiger charge is 1.97. The van der Waals surface area contributed by atoms with Gasteiger partial charge in [0, 0.05) is 19.3 Å². The number of hydrogen-bond acceptors (Lipinski definition) is 6. The number of allylic oxidation sites excluding steroid dienone is 6. The Morgan fingerprint density at radius 2 is 0.574 bits per heavy atom. The van der Waals surface area contributed by atoms with Crippen molar-refractivity contribution in [2.24, 2.45) is 0 Å². The number of carbonyl (C=O) groups is 3. The molecule has 0 radical (unpaired) electrons. The average Bonchev–Trinajstić information content (AvgIpc) is 3.15. The van der Waals surface area contributed by atoms with Gasteiger partial charge in [0.15, 0.2) is 0 Å². The Labute approximate surface area is 331 Å². The minimum Gasteiger partial charge on any atom is -0.481 e. The number of aliphatic hydroxyl groups excluding tert-OH is 3. The van der Waals surface area contributed by atoms with Crippen LogP contribution in [0.2, 0.25) is 0 Å². The van der Waals surface area contributed by atoms with Gasteiger partial charge in [-0.2, -0.15) is 0 Å². The van der Waals surface area contributed by atoms with E-state index < -0.39 is 24.0 Å². The minimum absolute atomic E-state index is 0.310. The topological polar surface area (TPSA) is 173 Å². The fourth-order valence-electron chi connectivity index (χ4n) is 4.98. The molecule has 0 aromatic carbocycles. The van der Waals surface area contributed by atoms with Gasteiger partial charge in [-0.05, 0) is 96.3 Å². The van der Waals surface area contributed by atoms with Gasteiger partial charge in [-0.15, -0.1) is 0 Å². The minimum atomic E-state index is -0.954. The van der Waals surface area contributed by atoms with Gasteiger partial charge in [0.25, 0.3) is 0 Å². The Balaban J connectivity index is -0.000000322. The Morgan fingerprint density at radius 1 is 0.370 bits per heavy atom. The molecular formula is C45H86O9. The highest BCUT2D eigenvalue weighted by atomic mass is 16.4. The molecule has 0 aromatic heterocycles. The van der Waals surface area contributed by atoms with Gasteiger partial charge in [-0.25, -0.2) is 0 Å². The van der Waals surface area contributed by atoms with Crippen molar-refractivity contribution in [3.63, 3.8) is 0 Å². The largest absolute Gasteiger partial charge is 0.481 e. The van der Waals surface area contributed by atoms with E-state index in [1.807, 2.05) is 0 Å². The van der Waals surface area contributed by atoms with Crippen molar-refractivity contribution < 1.29 is 45.0 Å². The summed E-state index contributed by atoms with van der Waals surface area (Å²) < 4.78 is 0. The van der Waals surface area contributed by atoms with E-state index in [1.54, 1.807) is 0 Å². The molecule has 0 saturated carbocycles. The lowest BCUT2D eigenvalue weighted by Gasteiger charge is -1.96. The molecule has 0 aliphatic rings. The number of unbranched alkanes of at least 4 members (excludes halogenated alkanes) is 21. The van der Waals surface area contributed by atoms with Crippen LogP contribution in [0.5, 0.6) is 0 Å². The molecule has 0 saturated heterocycles. The van der Waals surface area contributed by atoms with Crippen molar-refractivity contribution in [3.8, 4) is 0 Å². The van der Waals surface area contributed by atoms with Crippen LogP contribution in [0.1, 0.15) is 213 Å². The summed E-state index contributed by atoms with van der Waals surface area (Å²) in [6.07, 6.45) is 45.3. The maximum Gasteiger partial charge on any atom is 0.303 e. The molecule has 0 aliphatic carbocycles. The van der Waals surface area contributed by atoms with Crippen LogP contribution in [-0.2, 0) is 14.4 Å². The first-order chi connectivity index (χ1) is 26.1. The van der Waals surface area contributed by atoms with Gasteiger partial charge in [0.05, 0.1) is 13.2 Å². The molecule has 0 fully saturated rings. The lowest BCUT2D eigenvalue weighted by Crippen LogP contribution is -2.15. The number of aliphatic hydroxyl groups is 3. The summed E-state index contributed by atoms with van der Waals surface area (Å²) in [6.45, 7) is 5.97. The third-order valence-corrected chi connectivity index (χ3v) is 8.38. The summed E-state index contributed by atoms with van der Waals surface area (Å²) in [4.78, 5) is 30.7. The van der Waals surface area contributed by atoms with E-state index in [4.69, 9.17) is 30.6 Å². The number of aliphatic carboxylic acids is 3. The maximum atomic E-state index is 10.2. The van der Waals surface area contributed by atoms with Crippen LogP contribution in [0.15, 0.2) is 36.5 Å². The predicted molar refractivity (Wildman–Crippen MR) is 226 cm³/mol. The molecule has 9 heteroatoms. The molecule has 0 unspecified atom stereocenters. The third-order valence-electron chi connectivity index (χ3n) is 8.38. The average molecular weight is 771 g/mol. The van der Waals surface area contributed by atoms with E-state index in [-0.39, 0.29) is 13.2 Å². The zero-order valence-corrected chi connectivity index (χ0v) is 35.1. The molecule has 0 atom stereocenters. The van der Waals surface area contributed by atoms with Crippen LogP contribution in [0.25, 0.3) is 0 Å². The van der Waals surface area contributed by atoms with Crippen molar-refractivity contribution in [2.75, 3.05) is 13.2 Å². The number of carboxylic acids is 3. The molecule has 0 amide bonds. The quantitative estimate of drug-likeness (QED) is 0.0271. The zero-order valence-electron chi connectivity index (χ0n) is 35.1. The second-order valence-corrected chi connectivity index (χ2v) is 14.0. The second-order valence-electron chi connectivity index (χ2n) is 14.0. The van der Waals surface area contributed by atoms with Crippen molar-refractivity contribution in [3.05, 3.63) is 36.5 Å². The molecule has 6 N–H and O–H groups in total. The Kier molecular flexibility index (Phi) is 59.1. The highest BCUT2D eigenvalue weighted by molar-refractivity contribution is 5.67. The number of rotatable bonds is 35. The first-order valence-electron chi connectivity index (χ1n) is 21.6. The summed E-state index contributed by atoms with van der Waals surface area (Å²) in [6, 6.07) is 0. The van der Waals surface area contributed by atoms with Gasteiger partial charge < -0.3 is 30.6 Å². The Morgan fingerprint density at radius 3 is 0.741 bits per heavy atom. The summed E-state index contributed by atoms with van der Waals surface area (Å²) in [5.74, 6) is -2.04. The first kappa shape index (κ1) is 58.2. The standard InChI is InChI=1S/3C14H26O2.C3H8O3/c3*1-2-3-4-5-6-7-8-9-10-11-12-13-14(15)16;4-1-3(6)2-5/h3*8-9H,2-7,10-13H2,1H3,(H,15,16);3-6H,1-2H2. The summed E-state index contributed by atoms with van der Waals surface area (Å²) in [5.41, 5.74) is 0. The lowest BCUT2D eigenvalue weighted by molar-refractivity contribution is -0.138. The van der Waals surface area contributed by atoms with Gasteiger partial charge in [0.2, 0.25) is 0 Å². The lowest BCUT2D eigenvalue weighted by atomic mass is 10.1. The van der Waals surface area contributed by atoms with Crippen LogP contribution in [0, 0.1) is 0 Å². The van der Waals surface area contributed by atoms with E-state index in [2.05, 4.69) is 57.2 Å². The highest BCUT2D eigenvalue weighted by Crippen LogP contribution is 2.09. The van der Waals surface area contributed by atoms with E-state index in [9.17, 15) is 14.4 Å². The Hall–Kier alpha value is -2.49. The fourth-order valence-corrected chi connectivity index (χ4v) is 4.98. The summed E-state index contributed by atoms with van der Waals surface area (Å²) >= 11 is 0. The predicted octanol–water partition coefficient (Wildman–Crippen LogP) is 12.0. The molecule has 0 rings (SSSR count). The molecule has 0 bridgehead atoms. The second kappa shape index (κ2) is 54.9. The molecule has 54 heavy (non-hydrogen) atoms. The molecular weight excluding hydrogens is 684 g/mol. The van der Waals surface area contributed by atoms with Crippen molar-refractivity contribution in [1.82, 2.24) is 0 Å². The van der Waals surface area contributed by atoms with Crippen LogP contribution >= 0.6 is 0 Å². The van der Waals surface area contributed by atoms with Gasteiger partial charge in [-0.1, -0.05) is 134 Å². The molecule has 9 nitrogen and oxygen atoms in total. The normalized spacial score (nSPS) is 10.9. The molecule has 320 valence electrons. The fraction of sp³-hybridized carbons (Fsp3) is 0.800. The number of carboxylic acid groups (broad SMARTS) is 3. The van der Waals surface area contributed by atoms with Crippen molar-refractivity contribution >= 4 is 17.9 Å². The number of hydrogen-bond donors (Lipinski definition) is 6. The smallest absolute Gasteiger partial charge is 0.303 e. The monoisotopic (exact) mass is 771 g/mol. The van der Waals surface area contributed by atoms with Gasteiger partial charge >= 0.3 is 17.9 Å². The van der Waals surface area contributed by atoms with Crippen molar-refractivity contribution in [1.29, 1.82) is 0 Å². The summed E-state index contributed by atoms with van der Waals surface area (Å²) in [5, 5.41) is 49.3. The molecule has 0 aliphatic heterocycles. The van der Waals surface area contributed by atoms with Crippen LogP contribution < -0.4 is 0 Å². The van der Waals surface area contributed by atoms with Crippen LogP contribution in [0.3, 0.4) is 0 Å². The van der Waals surface area contributed by atoms with Gasteiger partial charge in [-0.3, -0.25) is 14.4 Å².